The molecule has 0 fully saturated rings. The number of carbonyl (C=O) groups is 2. The fourth-order valence-corrected chi connectivity index (χ4v) is 3.79. The number of para-hydroxylation sites is 1. The van der Waals surface area contributed by atoms with Gasteiger partial charge in [-0.1, -0.05) is 56.5 Å². The molecule has 0 aliphatic carbocycles. The molecule has 0 bridgehead atoms. The predicted molar refractivity (Wildman–Crippen MR) is 128 cm³/mol. The minimum atomic E-state index is -0.770. The molecule has 0 radical (unpaired) electrons. The van der Waals surface area contributed by atoms with Gasteiger partial charge in [0.2, 0.25) is 0 Å². The summed E-state index contributed by atoms with van der Waals surface area (Å²) in [5.41, 5.74) is 1.95. The van der Waals surface area contributed by atoms with E-state index in [-0.39, 0.29) is 6.42 Å². The van der Waals surface area contributed by atoms with Gasteiger partial charge in [0.25, 0.3) is 0 Å². The zero-order valence-corrected chi connectivity index (χ0v) is 19.8. The van der Waals surface area contributed by atoms with E-state index in [1.54, 1.807) is 10.6 Å². The number of hydrogen-bond donors (Lipinski definition) is 2. The van der Waals surface area contributed by atoms with Crippen molar-refractivity contribution in [2.45, 2.75) is 90.8 Å². The highest BCUT2D eigenvalue weighted by Gasteiger charge is 2.24. The first kappa shape index (κ1) is 25.7. The van der Waals surface area contributed by atoms with E-state index in [4.69, 9.17) is 9.84 Å². The summed E-state index contributed by atoms with van der Waals surface area (Å²) in [4.78, 5) is 23.9. The van der Waals surface area contributed by atoms with Gasteiger partial charge in [-0.05, 0) is 52.5 Å². The SMILES string of the molecule is CCCC(O)/C=C/c1c(CCCCCCC(=O)O)n(C(=O)OC(C)(C)C)c2ccccc12. The first-order valence-electron chi connectivity index (χ1n) is 11.6. The molecule has 0 saturated heterocycles. The number of carbonyl (C=O) groups excluding carboxylic acids is 1. The van der Waals surface area contributed by atoms with Gasteiger partial charge in [-0.25, -0.2) is 9.36 Å². The van der Waals surface area contributed by atoms with Crippen molar-refractivity contribution in [3.63, 3.8) is 0 Å². The topological polar surface area (TPSA) is 88.8 Å². The standard InChI is InChI=1S/C26H37NO5/c1-5-12-19(28)17-18-21-20-13-10-11-15-22(20)27(25(31)32-26(2,3)4)23(21)14-8-6-7-9-16-24(29)30/h10-11,13,15,17-19,28H,5-9,12,14,16H2,1-4H3,(H,29,30)/b18-17+. The third-order valence-electron chi connectivity index (χ3n) is 5.22. The van der Waals surface area contributed by atoms with E-state index in [1.807, 2.05) is 58.0 Å². The van der Waals surface area contributed by atoms with Crippen molar-refractivity contribution in [1.82, 2.24) is 4.57 Å². The largest absolute Gasteiger partial charge is 0.481 e. The second-order valence-corrected chi connectivity index (χ2v) is 9.22. The highest BCUT2D eigenvalue weighted by molar-refractivity contribution is 5.97. The van der Waals surface area contributed by atoms with Gasteiger partial charge < -0.3 is 14.9 Å². The van der Waals surface area contributed by atoms with Gasteiger partial charge in [-0.2, -0.15) is 0 Å². The summed E-state index contributed by atoms with van der Waals surface area (Å²) >= 11 is 0. The lowest BCUT2D eigenvalue weighted by Gasteiger charge is -2.21. The van der Waals surface area contributed by atoms with Crippen LogP contribution in [-0.4, -0.2) is 38.5 Å². The summed E-state index contributed by atoms with van der Waals surface area (Å²) in [7, 11) is 0. The van der Waals surface area contributed by atoms with Gasteiger partial charge in [0.1, 0.15) is 5.60 Å². The number of benzene rings is 1. The minimum absolute atomic E-state index is 0.182. The molecular formula is C26H37NO5. The molecule has 0 saturated carbocycles. The maximum absolute atomic E-state index is 13.2. The molecule has 0 amide bonds. The van der Waals surface area contributed by atoms with Gasteiger partial charge in [0.05, 0.1) is 11.6 Å². The average molecular weight is 444 g/mol. The molecule has 2 rings (SSSR count). The lowest BCUT2D eigenvalue weighted by atomic mass is 10.0. The van der Waals surface area contributed by atoms with Crippen LogP contribution in [0.5, 0.6) is 0 Å². The summed E-state index contributed by atoms with van der Waals surface area (Å²) in [5, 5.41) is 20.0. The van der Waals surface area contributed by atoms with Crippen LogP contribution < -0.4 is 0 Å². The van der Waals surface area contributed by atoms with Crippen molar-refractivity contribution >= 4 is 29.0 Å². The zero-order valence-electron chi connectivity index (χ0n) is 19.8. The van der Waals surface area contributed by atoms with Crippen molar-refractivity contribution in [3.8, 4) is 0 Å². The normalized spacial score (nSPS) is 13.0. The van der Waals surface area contributed by atoms with Crippen LogP contribution in [0.4, 0.5) is 4.79 Å². The van der Waals surface area contributed by atoms with Gasteiger partial charge in [0.15, 0.2) is 0 Å². The zero-order chi connectivity index (χ0) is 23.7. The molecule has 0 spiro atoms. The minimum Gasteiger partial charge on any atom is -0.481 e. The van der Waals surface area contributed by atoms with Crippen molar-refractivity contribution < 1.29 is 24.5 Å². The maximum Gasteiger partial charge on any atom is 0.419 e. The summed E-state index contributed by atoms with van der Waals surface area (Å²) in [6.07, 6.45) is 8.36. The second-order valence-electron chi connectivity index (χ2n) is 9.22. The van der Waals surface area contributed by atoms with Crippen LogP contribution in [0.3, 0.4) is 0 Å². The van der Waals surface area contributed by atoms with Crippen LogP contribution in [0.2, 0.25) is 0 Å². The third-order valence-corrected chi connectivity index (χ3v) is 5.22. The fraction of sp³-hybridized carbons (Fsp3) is 0.538. The number of aliphatic hydroxyl groups excluding tert-OH is 1. The number of fused-ring (bicyclic) bond motifs is 1. The van der Waals surface area contributed by atoms with Crippen molar-refractivity contribution in [3.05, 3.63) is 41.6 Å². The number of aliphatic carboxylic acids is 1. The highest BCUT2D eigenvalue weighted by Crippen LogP contribution is 2.30. The molecule has 0 aliphatic rings. The van der Waals surface area contributed by atoms with E-state index >= 15 is 0 Å². The van der Waals surface area contributed by atoms with E-state index in [1.165, 1.54) is 0 Å². The van der Waals surface area contributed by atoms with Crippen LogP contribution >= 0.6 is 0 Å². The Balaban J connectivity index is 2.40. The molecule has 32 heavy (non-hydrogen) atoms. The van der Waals surface area contributed by atoms with Crippen LogP contribution in [0, 0.1) is 0 Å². The molecule has 0 aliphatic heterocycles. The quantitative estimate of drug-likeness (QED) is 0.405. The molecule has 1 aromatic carbocycles. The number of unbranched alkanes of at least 4 members (excludes halogenated alkanes) is 3. The number of hydrogen-bond acceptors (Lipinski definition) is 4. The molecule has 1 aromatic heterocycles. The number of carboxylic acid groups (broad SMARTS) is 1. The molecule has 2 N–H and O–H groups in total. The monoisotopic (exact) mass is 443 g/mol. The Morgan fingerprint density at radius 1 is 1.12 bits per heavy atom. The highest BCUT2D eigenvalue weighted by atomic mass is 16.6. The average Bonchev–Trinajstić information content (AvgIpc) is 3.01. The first-order chi connectivity index (χ1) is 15.1. The van der Waals surface area contributed by atoms with Crippen molar-refractivity contribution in [1.29, 1.82) is 0 Å². The van der Waals surface area contributed by atoms with Crippen molar-refractivity contribution in [2.24, 2.45) is 0 Å². The van der Waals surface area contributed by atoms with E-state index in [9.17, 15) is 14.7 Å². The summed E-state index contributed by atoms with van der Waals surface area (Å²) < 4.78 is 7.36. The lowest BCUT2D eigenvalue weighted by Crippen LogP contribution is -2.28. The van der Waals surface area contributed by atoms with Crippen molar-refractivity contribution in [2.75, 3.05) is 0 Å². The smallest absolute Gasteiger partial charge is 0.419 e. The lowest BCUT2D eigenvalue weighted by molar-refractivity contribution is -0.137. The molecular weight excluding hydrogens is 406 g/mol. The number of rotatable bonds is 11. The summed E-state index contributed by atoms with van der Waals surface area (Å²) in [6, 6.07) is 7.74. The Kier molecular flexibility index (Phi) is 9.51. The van der Waals surface area contributed by atoms with E-state index in [0.717, 1.165) is 47.8 Å². The van der Waals surface area contributed by atoms with Gasteiger partial charge in [-0.3, -0.25) is 4.79 Å². The Bertz CT molecular complexity index is 936. The number of aliphatic hydroxyl groups is 1. The number of nitrogens with zero attached hydrogens (tertiary/aromatic N) is 1. The van der Waals surface area contributed by atoms with E-state index in [0.29, 0.717) is 19.3 Å². The number of ether oxygens (including phenoxy) is 1. The molecule has 6 heteroatoms. The second kappa shape index (κ2) is 11.9. The van der Waals surface area contributed by atoms with E-state index < -0.39 is 23.8 Å². The first-order valence-corrected chi connectivity index (χ1v) is 11.6. The molecule has 176 valence electrons. The molecule has 1 unspecified atom stereocenters. The van der Waals surface area contributed by atoms with E-state index in [2.05, 4.69) is 0 Å². The predicted octanol–water partition coefficient (Wildman–Crippen LogP) is 6.18. The number of aromatic nitrogens is 1. The molecule has 6 nitrogen and oxygen atoms in total. The summed E-state index contributed by atoms with van der Waals surface area (Å²) in [6.45, 7) is 7.57. The maximum atomic E-state index is 13.2. The van der Waals surface area contributed by atoms with Gasteiger partial charge in [-0.15, -0.1) is 0 Å². The molecule has 2 aromatic rings. The Labute approximate surface area is 190 Å². The van der Waals surface area contributed by atoms with Gasteiger partial charge in [0, 0.05) is 23.1 Å². The van der Waals surface area contributed by atoms with Crippen LogP contribution in [-0.2, 0) is 16.0 Å². The summed E-state index contributed by atoms with van der Waals surface area (Å²) in [5.74, 6) is -0.770. The molecule has 1 atom stereocenters. The van der Waals surface area contributed by atoms with Gasteiger partial charge >= 0.3 is 12.1 Å². The van der Waals surface area contributed by atoms with Crippen LogP contribution in [0.15, 0.2) is 30.3 Å². The fourth-order valence-electron chi connectivity index (χ4n) is 3.79. The Hall–Kier alpha value is -2.60. The Morgan fingerprint density at radius 3 is 2.47 bits per heavy atom. The van der Waals surface area contributed by atoms with Crippen LogP contribution in [0.1, 0.15) is 83.9 Å². The third kappa shape index (κ3) is 7.52. The molecule has 1 heterocycles. The van der Waals surface area contributed by atoms with Crippen LogP contribution in [0.25, 0.3) is 17.0 Å². The number of carboxylic acids is 1. The Morgan fingerprint density at radius 2 is 1.81 bits per heavy atom.